The molecule has 1 aliphatic carbocycles. The van der Waals surface area contributed by atoms with E-state index < -0.39 is 6.09 Å². The molecule has 1 N–H and O–H groups in total. The Morgan fingerprint density at radius 2 is 1.61 bits per heavy atom. The molecule has 3 aromatic rings. The van der Waals surface area contributed by atoms with Crippen LogP contribution in [-0.2, 0) is 16.1 Å². The Balaban J connectivity index is 1.37. The van der Waals surface area contributed by atoms with Crippen molar-refractivity contribution in [1.29, 1.82) is 0 Å². The summed E-state index contributed by atoms with van der Waals surface area (Å²) in [4.78, 5) is 42.3. The molecule has 5 rings (SSSR count). The number of amides is 3. The van der Waals surface area contributed by atoms with E-state index >= 15 is 0 Å². The number of benzene rings is 3. The highest BCUT2D eigenvalue weighted by Gasteiger charge is 2.45. The maximum absolute atomic E-state index is 13.7. The van der Waals surface area contributed by atoms with Crippen molar-refractivity contribution in [2.24, 2.45) is 5.92 Å². The van der Waals surface area contributed by atoms with Crippen LogP contribution in [0.1, 0.15) is 24.8 Å². The van der Waals surface area contributed by atoms with Gasteiger partial charge >= 0.3 is 6.09 Å². The SMILES string of the molecule is O=C(Nc1ccc(CN2C(=O)[C@H]3CCC[C@H]3N(C(=O)CCl)c3ccccc32)cc1)Oc1ccccc1. The molecule has 0 bridgehead atoms. The number of anilines is 3. The minimum absolute atomic E-state index is 0.0171. The van der Waals surface area contributed by atoms with Crippen molar-refractivity contribution in [2.75, 3.05) is 21.0 Å². The number of nitrogens with one attached hydrogen (secondary N) is 1. The van der Waals surface area contributed by atoms with Crippen LogP contribution in [0, 0.1) is 5.92 Å². The van der Waals surface area contributed by atoms with E-state index in [-0.39, 0.29) is 29.7 Å². The van der Waals surface area contributed by atoms with E-state index in [1.807, 2.05) is 42.5 Å². The number of rotatable bonds is 5. The van der Waals surface area contributed by atoms with Gasteiger partial charge in [0, 0.05) is 11.7 Å². The number of nitrogens with zero attached hydrogens (tertiary/aromatic N) is 2. The highest BCUT2D eigenvalue weighted by molar-refractivity contribution is 6.30. The lowest BCUT2D eigenvalue weighted by Gasteiger charge is -2.30. The fourth-order valence-electron chi connectivity index (χ4n) is 5.09. The second-order valence-corrected chi connectivity index (χ2v) is 9.21. The summed E-state index contributed by atoms with van der Waals surface area (Å²) in [7, 11) is 0. The molecule has 0 saturated heterocycles. The van der Waals surface area contributed by atoms with Crippen molar-refractivity contribution >= 4 is 46.6 Å². The molecule has 3 aromatic carbocycles. The first-order valence-electron chi connectivity index (χ1n) is 12.0. The Morgan fingerprint density at radius 1 is 0.917 bits per heavy atom. The Morgan fingerprint density at radius 3 is 2.33 bits per heavy atom. The summed E-state index contributed by atoms with van der Waals surface area (Å²) in [6.45, 7) is 0.344. The van der Waals surface area contributed by atoms with Crippen molar-refractivity contribution in [3.05, 3.63) is 84.4 Å². The van der Waals surface area contributed by atoms with Crippen LogP contribution in [0.25, 0.3) is 0 Å². The van der Waals surface area contributed by atoms with Crippen molar-refractivity contribution in [1.82, 2.24) is 0 Å². The average molecular weight is 504 g/mol. The predicted molar refractivity (Wildman–Crippen MR) is 139 cm³/mol. The lowest BCUT2D eigenvalue weighted by molar-refractivity contribution is -0.122. The van der Waals surface area contributed by atoms with Gasteiger partial charge in [0.05, 0.1) is 23.8 Å². The van der Waals surface area contributed by atoms with Gasteiger partial charge in [0.1, 0.15) is 11.6 Å². The lowest BCUT2D eigenvalue weighted by atomic mass is 10.0. The first-order chi connectivity index (χ1) is 17.5. The molecule has 2 atom stereocenters. The molecule has 1 aliphatic heterocycles. The number of para-hydroxylation sites is 3. The van der Waals surface area contributed by atoms with Crippen LogP contribution in [0.3, 0.4) is 0 Å². The number of halogens is 1. The molecule has 0 radical (unpaired) electrons. The van der Waals surface area contributed by atoms with Gasteiger partial charge in [-0.1, -0.05) is 48.9 Å². The number of ether oxygens (including phenoxy) is 1. The Bertz CT molecular complexity index is 1270. The van der Waals surface area contributed by atoms with Gasteiger partial charge in [-0.25, -0.2) is 4.79 Å². The lowest BCUT2D eigenvalue weighted by Crippen LogP contribution is -2.45. The van der Waals surface area contributed by atoms with Crippen LogP contribution < -0.4 is 19.9 Å². The number of hydrogen-bond donors (Lipinski definition) is 1. The summed E-state index contributed by atoms with van der Waals surface area (Å²) in [5.41, 5.74) is 2.89. The van der Waals surface area contributed by atoms with E-state index in [0.717, 1.165) is 24.8 Å². The standard InChI is InChI=1S/C28H26ClN3O4/c29-17-26(33)32-23-12-6-9-22(23)27(34)31(24-10-4-5-11-25(24)32)18-19-13-15-20(16-14-19)30-28(35)36-21-7-2-1-3-8-21/h1-5,7-8,10-11,13-16,22-23H,6,9,12,17-18H2,(H,30,35)/t22-,23+/m0/s1. The van der Waals surface area contributed by atoms with Gasteiger partial charge < -0.3 is 14.5 Å². The minimum Gasteiger partial charge on any atom is -0.410 e. The molecule has 1 heterocycles. The van der Waals surface area contributed by atoms with Gasteiger partial charge in [-0.05, 0) is 54.8 Å². The van der Waals surface area contributed by atoms with E-state index in [0.29, 0.717) is 29.4 Å². The summed E-state index contributed by atoms with van der Waals surface area (Å²) >= 11 is 5.97. The topological polar surface area (TPSA) is 79.0 Å². The van der Waals surface area contributed by atoms with Gasteiger partial charge in [-0.3, -0.25) is 14.9 Å². The molecule has 0 aromatic heterocycles. The van der Waals surface area contributed by atoms with Crippen LogP contribution in [0.4, 0.5) is 21.9 Å². The number of fused-ring (bicyclic) bond motifs is 2. The molecule has 2 aliphatic rings. The van der Waals surface area contributed by atoms with Crippen molar-refractivity contribution < 1.29 is 19.1 Å². The van der Waals surface area contributed by atoms with Gasteiger partial charge in [0.15, 0.2) is 0 Å². The summed E-state index contributed by atoms with van der Waals surface area (Å²) in [6.07, 6.45) is 1.83. The van der Waals surface area contributed by atoms with E-state index in [9.17, 15) is 14.4 Å². The summed E-state index contributed by atoms with van der Waals surface area (Å²) in [5.74, 6) is -0.112. The normalized spacial score (nSPS) is 18.8. The Hall–Kier alpha value is -3.84. The smallest absolute Gasteiger partial charge is 0.410 e. The summed E-state index contributed by atoms with van der Waals surface area (Å²) in [5, 5.41) is 2.71. The fraction of sp³-hybridized carbons (Fsp3) is 0.250. The summed E-state index contributed by atoms with van der Waals surface area (Å²) in [6, 6.07) is 23.4. The molecule has 1 fully saturated rings. The van der Waals surface area contributed by atoms with Gasteiger partial charge in [-0.15, -0.1) is 11.6 Å². The van der Waals surface area contributed by atoms with E-state index in [1.165, 1.54) is 0 Å². The maximum atomic E-state index is 13.7. The molecule has 36 heavy (non-hydrogen) atoms. The van der Waals surface area contributed by atoms with E-state index in [2.05, 4.69) is 5.32 Å². The second kappa shape index (κ2) is 10.4. The van der Waals surface area contributed by atoms with Crippen LogP contribution in [0.2, 0.25) is 0 Å². The quantitative estimate of drug-likeness (QED) is 0.461. The highest BCUT2D eigenvalue weighted by Crippen LogP contribution is 2.43. The first-order valence-corrected chi connectivity index (χ1v) is 12.5. The number of hydrogen-bond acceptors (Lipinski definition) is 4. The third-order valence-corrected chi connectivity index (χ3v) is 6.93. The zero-order chi connectivity index (χ0) is 25.1. The number of carbonyl (C=O) groups excluding carboxylic acids is 3. The molecule has 0 unspecified atom stereocenters. The minimum atomic E-state index is -0.582. The fourth-order valence-corrected chi connectivity index (χ4v) is 5.22. The molecule has 1 saturated carbocycles. The third kappa shape index (κ3) is 4.79. The van der Waals surface area contributed by atoms with E-state index in [1.54, 1.807) is 46.2 Å². The van der Waals surface area contributed by atoms with Gasteiger partial charge in [-0.2, -0.15) is 0 Å². The highest BCUT2D eigenvalue weighted by atomic mass is 35.5. The molecule has 8 heteroatoms. The third-order valence-electron chi connectivity index (χ3n) is 6.70. The first kappa shape index (κ1) is 23.9. The maximum Gasteiger partial charge on any atom is 0.417 e. The van der Waals surface area contributed by atoms with Crippen LogP contribution in [0.5, 0.6) is 5.75 Å². The molecule has 0 spiro atoms. The Labute approximate surface area is 214 Å². The molecule has 3 amide bonds. The molecular weight excluding hydrogens is 478 g/mol. The van der Waals surface area contributed by atoms with Crippen molar-refractivity contribution in [3.8, 4) is 5.75 Å². The number of carbonyl (C=O) groups is 3. The van der Waals surface area contributed by atoms with Crippen molar-refractivity contribution in [2.45, 2.75) is 31.8 Å². The van der Waals surface area contributed by atoms with E-state index in [4.69, 9.17) is 16.3 Å². The zero-order valence-corrected chi connectivity index (χ0v) is 20.4. The van der Waals surface area contributed by atoms with Gasteiger partial charge in [0.2, 0.25) is 11.8 Å². The van der Waals surface area contributed by atoms with Crippen LogP contribution >= 0.6 is 11.6 Å². The predicted octanol–water partition coefficient (Wildman–Crippen LogP) is 5.58. The van der Waals surface area contributed by atoms with Gasteiger partial charge in [0.25, 0.3) is 0 Å². The Kier molecular flexibility index (Phi) is 6.91. The average Bonchev–Trinajstić information content (AvgIpc) is 3.35. The van der Waals surface area contributed by atoms with Crippen molar-refractivity contribution in [3.63, 3.8) is 0 Å². The summed E-state index contributed by atoms with van der Waals surface area (Å²) < 4.78 is 5.27. The molecular formula is C28H26ClN3O4. The molecule has 184 valence electrons. The number of alkyl halides is 1. The monoisotopic (exact) mass is 503 g/mol. The van der Waals surface area contributed by atoms with Crippen LogP contribution in [0.15, 0.2) is 78.9 Å². The van der Waals surface area contributed by atoms with Crippen LogP contribution in [-0.4, -0.2) is 29.8 Å². The second-order valence-electron chi connectivity index (χ2n) is 8.94. The largest absolute Gasteiger partial charge is 0.417 e. The molecule has 7 nitrogen and oxygen atoms in total. The zero-order valence-electron chi connectivity index (χ0n) is 19.6.